The number of ether oxygens (including phenoxy) is 1. The minimum absolute atomic E-state index is 0.313. The molecule has 1 aliphatic rings. The number of hydrogen-bond acceptors (Lipinski definition) is 7. The van der Waals surface area contributed by atoms with Crippen LogP contribution < -0.4 is 0 Å². The number of aryl methyl sites for hydroxylation is 1. The maximum Gasteiger partial charge on any atom is 0.227 e. The van der Waals surface area contributed by atoms with E-state index in [1.807, 2.05) is 17.5 Å². The second kappa shape index (κ2) is 8.01. The first kappa shape index (κ1) is 16.6. The SMILES string of the molecule is CN(C)C[C@H]1CN(CCCc2nc(-c3cccs3)no2)CCO1. The molecule has 0 bridgehead atoms. The molecule has 1 saturated heterocycles. The molecule has 0 spiro atoms. The van der Waals surface area contributed by atoms with Crippen molar-refractivity contribution < 1.29 is 9.26 Å². The monoisotopic (exact) mass is 336 g/mol. The number of nitrogens with zero attached hydrogens (tertiary/aromatic N) is 4. The lowest BCUT2D eigenvalue weighted by Gasteiger charge is -2.34. The van der Waals surface area contributed by atoms with E-state index in [9.17, 15) is 0 Å². The molecule has 0 amide bonds. The van der Waals surface area contributed by atoms with E-state index in [1.165, 1.54) is 0 Å². The van der Waals surface area contributed by atoms with Crippen molar-refractivity contribution in [2.24, 2.45) is 0 Å². The van der Waals surface area contributed by atoms with E-state index in [1.54, 1.807) is 11.3 Å². The van der Waals surface area contributed by atoms with Crippen molar-refractivity contribution in [3.8, 4) is 10.7 Å². The van der Waals surface area contributed by atoms with Crippen LogP contribution in [0.4, 0.5) is 0 Å². The zero-order chi connectivity index (χ0) is 16.1. The molecule has 0 N–H and O–H groups in total. The Morgan fingerprint density at radius 1 is 1.43 bits per heavy atom. The van der Waals surface area contributed by atoms with E-state index < -0.39 is 0 Å². The first-order valence-corrected chi connectivity index (χ1v) is 8.94. The molecule has 2 aromatic rings. The molecule has 3 heterocycles. The fourth-order valence-corrected chi connectivity index (χ4v) is 3.47. The average molecular weight is 336 g/mol. The third-order valence-electron chi connectivity index (χ3n) is 3.87. The zero-order valence-electron chi connectivity index (χ0n) is 13.8. The van der Waals surface area contributed by atoms with Gasteiger partial charge in [0.1, 0.15) is 0 Å². The summed E-state index contributed by atoms with van der Waals surface area (Å²) in [5.41, 5.74) is 0. The Morgan fingerprint density at radius 3 is 3.13 bits per heavy atom. The number of rotatable bonds is 7. The number of thiophene rings is 1. The lowest BCUT2D eigenvalue weighted by molar-refractivity contribution is -0.0382. The summed E-state index contributed by atoms with van der Waals surface area (Å²) >= 11 is 1.63. The summed E-state index contributed by atoms with van der Waals surface area (Å²) in [4.78, 5) is 10.2. The Kier molecular flexibility index (Phi) is 5.77. The molecule has 126 valence electrons. The van der Waals surface area contributed by atoms with Crippen molar-refractivity contribution in [1.82, 2.24) is 19.9 Å². The molecule has 23 heavy (non-hydrogen) atoms. The molecule has 3 rings (SSSR count). The van der Waals surface area contributed by atoms with Gasteiger partial charge in [-0.05, 0) is 38.5 Å². The van der Waals surface area contributed by atoms with Crippen LogP contribution >= 0.6 is 11.3 Å². The van der Waals surface area contributed by atoms with Gasteiger partial charge in [0.2, 0.25) is 11.7 Å². The number of hydrogen-bond donors (Lipinski definition) is 0. The first-order chi connectivity index (χ1) is 11.2. The molecular weight excluding hydrogens is 312 g/mol. The summed E-state index contributed by atoms with van der Waals surface area (Å²) in [6.07, 6.45) is 2.17. The maximum absolute atomic E-state index is 5.81. The quantitative estimate of drug-likeness (QED) is 0.771. The second-order valence-electron chi connectivity index (χ2n) is 6.15. The van der Waals surface area contributed by atoms with Gasteiger partial charge in [-0.3, -0.25) is 4.90 Å². The van der Waals surface area contributed by atoms with Gasteiger partial charge in [-0.1, -0.05) is 11.2 Å². The summed E-state index contributed by atoms with van der Waals surface area (Å²) in [6.45, 7) is 4.85. The van der Waals surface area contributed by atoms with Gasteiger partial charge in [-0.15, -0.1) is 11.3 Å². The average Bonchev–Trinajstić information content (AvgIpc) is 3.18. The fraction of sp³-hybridized carbons (Fsp3) is 0.625. The van der Waals surface area contributed by atoms with Crippen molar-refractivity contribution in [3.05, 3.63) is 23.4 Å². The van der Waals surface area contributed by atoms with Crippen LogP contribution in [0.5, 0.6) is 0 Å². The molecule has 0 unspecified atom stereocenters. The number of aromatic nitrogens is 2. The van der Waals surface area contributed by atoms with Crippen molar-refractivity contribution in [3.63, 3.8) is 0 Å². The van der Waals surface area contributed by atoms with Gasteiger partial charge in [0, 0.05) is 26.1 Å². The summed E-state index contributed by atoms with van der Waals surface area (Å²) in [5, 5.41) is 6.08. The second-order valence-corrected chi connectivity index (χ2v) is 7.10. The van der Waals surface area contributed by atoms with Gasteiger partial charge in [0.25, 0.3) is 0 Å². The van der Waals surface area contributed by atoms with E-state index in [4.69, 9.17) is 9.26 Å². The molecular formula is C16H24N4O2S. The lowest BCUT2D eigenvalue weighted by Crippen LogP contribution is -2.46. The molecule has 0 aliphatic carbocycles. The standard InChI is InChI=1S/C16H24N4O2S/c1-19(2)11-13-12-20(8-9-21-13)7-3-6-15-17-16(18-22-15)14-5-4-10-23-14/h4-5,10,13H,3,6-9,11-12H2,1-2H3/t13-/m0/s1. The zero-order valence-corrected chi connectivity index (χ0v) is 14.6. The van der Waals surface area contributed by atoms with Crippen LogP contribution in [0.1, 0.15) is 12.3 Å². The molecule has 2 aromatic heterocycles. The van der Waals surface area contributed by atoms with Crippen LogP contribution in [-0.4, -0.2) is 72.9 Å². The molecule has 1 aliphatic heterocycles. The molecule has 6 nitrogen and oxygen atoms in total. The Hall–Kier alpha value is -1.28. The number of likely N-dealkylation sites (N-methyl/N-ethyl adjacent to an activating group) is 1. The molecule has 1 atom stereocenters. The molecule has 1 fully saturated rings. The lowest BCUT2D eigenvalue weighted by atomic mass is 10.2. The van der Waals surface area contributed by atoms with Gasteiger partial charge in [-0.2, -0.15) is 4.98 Å². The van der Waals surface area contributed by atoms with Crippen LogP contribution in [-0.2, 0) is 11.2 Å². The van der Waals surface area contributed by atoms with Crippen molar-refractivity contribution in [1.29, 1.82) is 0 Å². The highest BCUT2D eigenvalue weighted by Gasteiger charge is 2.20. The van der Waals surface area contributed by atoms with Gasteiger partial charge in [0.15, 0.2) is 0 Å². The normalized spacial score (nSPS) is 19.5. The minimum Gasteiger partial charge on any atom is -0.374 e. The summed E-state index contributed by atoms with van der Waals surface area (Å²) in [6, 6.07) is 4.01. The fourth-order valence-electron chi connectivity index (χ4n) is 2.82. The topological polar surface area (TPSA) is 54.6 Å². The maximum atomic E-state index is 5.81. The van der Waals surface area contributed by atoms with Crippen LogP contribution in [0.15, 0.2) is 22.0 Å². The molecule has 0 aromatic carbocycles. The Labute approximate surface area is 141 Å². The Bertz CT molecular complexity index is 585. The Morgan fingerprint density at radius 2 is 2.35 bits per heavy atom. The first-order valence-electron chi connectivity index (χ1n) is 8.06. The highest BCUT2D eigenvalue weighted by Crippen LogP contribution is 2.21. The van der Waals surface area contributed by atoms with Crippen LogP contribution in [0.2, 0.25) is 0 Å². The summed E-state index contributed by atoms with van der Waals surface area (Å²) in [7, 11) is 4.17. The van der Waals surface area contributed by atoms with Crippen molar-refractivity contribution in [2.75, 3.05) is 46.9 Å². The molecule has 0 radical (unpaired) electrons. The minimum atomic E-state index is 0.313. The Balaban J connectivity index is 1.42. The predicted molar refractivity (Wildman–Crippen MR) is 90.7 cm³/mol. The van der Waals surface area contributed by atoms with E-state index >= 15 is 0 Å². The smallest absolute Gasteiger partial charge is 0.227 e. The highest BCUT2D eigenvalue weighted by atomic mass is 32.1. The van der Waals surface area contributed by atoms with Gasteiger partial charge < -0.3 is 14.2 Å². The van der Waals surface area contributed by atoms with Gasteiger partial charge in [-0.25, -0.2) is 0 Å². The molecule has 0 saturated carbocycles. The van der Waals surface area contributed by atoms with Crippen LogP contribution in [0, 0.1) is 0 Å². The summed E-state index contributed by atoms with van der Waals surface area (Å²) in [5.74, 6) is 1.43. The number of morpholine rings is 1. The van der Waals surface area contributed by atoms with Crippen LogP contribution in [0.25, 0.3) is 10.7 Å². The van der Waals surface area contributed by atoms with Gasteiger partial charge >= 0.3 is 0 Å². The van der Waals surface area contributed by atoms with Crippen molar-refractivity contribution in [2.45, 2.75) is 18.9 Å². The van der Waals surface area contributed by atoms with E-state index in [0.29, 0.717) is 11.9 Å². The third kappa shape index (κ3) is 4.84. The molecule has 7 heteroatoms. The third-order valence-corrected chi connectivity index (χ3v) is 4.73. The van der Waals surface area contributed by atoms with E-state index in [0.717, 1.165) is 56.4 Å². The predicted octanol–water partition coefficient (Wildman–Crippen LogP) is 1.99. The largest absolute Gasteiger partial charge is 0.374 e. The van der Waals surface area contributed by atoms with Gasteiger partial charge in [0.05, 0.1) is 17.6 Å². The van der Waals surface area contributed by atoms with E-state index in [-0.39, 0.29) is 0 Å². The van der Waals surface area contributed by atoms with Crippen molar-refractivity contribution >= 4 is 11.3 Å². The van der Waals surface area contributed by atoms with Crippen LogP contribution in [0.3, 0.4) is 0 Å². The highest BCUT2D eigenvalue weighted by molar-refractivity contribution is 7.13. The van der Waals surface area contributed by atoms with E-state index in [2.05, 4.69) is 34.0 Å². The summed E-state index contributed by atoms with van der Waals surface area (Å²) < 4.78 is 11.2.